The summed E-state index contributed by atoms with van der Waals surface area (Å²) in [5.41, 5.74) is 0.306. The van der Waals surface area contributed by atoms with E-state index in [1.165, 1.54) is 0 Å². The lowest BCUT2D eigenvalue weighted by Crippen LogP contribution is -2.39. The van der Waals surface area contributed by atoms with Crippen molar-refractivity contribution in [3.8, 4) is 0 Å². The topological polar surface area (TPSA) is 52.6 Å². The monoisotopic (exact) mass is 332 g/mol. The average Bonchev–Trinajstić information content (AvgIpc) is 2.59. The normalized spacial score (nSPS) is 16.4. The Labute approximate surface area is 144 Å². The predicted molar refractivity (Wildman–Crippen MR) is 92.3 cm³/mol. The summed E-state index contributed by atoms with van der Waals surface area (Å²) in [6.45, 7) is 2.31. The predicted octanol–water partition coefficient (Wildman–Crippen LogP) is 4.56. The van der Waals surface area contributed by atoms with E-state index in [1.807, 2.05) is 37.3 Å². The van der Waals surface area contributed by atoms with Crippen molar-refractivity contribution in [3.05, 3.63) is 35.9 Å². The Morgan fingerprint density at radius 2 is 1.75 bits per heavy atom. The first kappa shape index (κ1) is 18.5. The van der Waals surface area contributed by atoms with E-state index in [1.54, 1.807) is 0 Å². The molecule has 0 amide bonds. The standard InChI is InChI=1S/C20H28O4/c1-2-3-12-18(21)24-20(13-8-5-9-14-20)15-19(22)23-16-17-10-6-4-7-11-17/h4,6-7,10-11H,2-3,5,8-9,12-16H2,1H3. The zero-order chi connectivity index (χ0) is 17.3. The lowest BCUT2D eigenvalue weighted by Gasteiger charge is -2.36. The molecule has 4 heteroatoms. The van der Waals surface area contributed by atoms with E-state index in [0.29, 0.717) is 6.42 Å². The maximum atomic E-state index is 12.3. The van der Waals surface area contributed by atoms with Gasteiger partial charge in [0.25, 0.3) is 0 Å². The summed E-state index contributed by atoms with van der Waals surface area (Å²) in [5, 5.41) is 0. The SMILES string of the molecule is CCCCC(=O)OC1(CC(=O)OCc2ccccc2)CCCCC1. The van der Waals surface area contributed by atoms with Crippen molar-refractivity contribution in [2.24, 2.45) is 0 Å². The van der Waals surface area contributed by atoms with Crippen LogP contribution in [0.5, 0.6) is 0 Å². The summed E-state index contributed by atoms with van der Waals surface area (Å²) in [4.78, 5) is 24.3. The van der Waals surface area contributed by atoms with Crippen molar-refractivity contribution in [2.45, 2.75) is 76.9 Å². The number of esters is 2. The number of hydrogen-bond donors (Lipinski definition) is 0. The molecule has 1 aromatic carbocycles. The maximum absolute atomic E-state index is 12.3. The summed E-state index contributed by atoms with van der Waals surface area (Å²) in [5.74, 6) is -0.473. The number of benzene rings is 1. The number of hydrogen-bond acceptors (Lipinski definition) is 4. The van der Waals surface area contributed by atoms with Crippen LogP contribution in [0, 0.1) is 0 Å². The van der Waals surface area contributed by atoms with Gasteiger partial charge in [-0.05, 0) is 37.7 Å². The smallest absolute Gasteiger partial charge is 0.310 e. The molecular formula is C20H28O4. The van der Waals surface area contributed by atoms with Crippen LogP contribution < -0.4 is 0 Å². The molecule has 0 spiro atoms. The lowest BCUT2D eigenvalue weighted by atomic mass is 9.82. The number of carbonyl (C=O) groups is 2. The van der Waals surface area contributed by atoms with E-state index in [9.17, 15) is 9.59 Å². The van der Waals surface area contributed by atoms with Crippen molar-refractivity contribution < 1.29 is 19.1 Å². The lowest BCUT2D eigenvalue weighted by molar-refractivity contribution is -0.171. The Morgan fingerprint density at radius 1 is 1.04 bits per heavy atom. The second-order valence-electron chi connectivity index (χ2n) is 6.64. The fraction of sp³-hybridized carbons (Fsp3) is 0.600. The highest BCUT2D eigenvalue weighted by Gasteiger charge is 2.38. The third-order valence-electron chi connectivity index (χ3n) is 4.54. The molecule has 2 rings (SSSR count). The quantitative estimate of drug-likeness (QED) is 0.655. The van der Waals surface area contributed by atoms with Gasteiger partial charge >= 0.3 is 11.9 Å². The van der Waals surface area contributed by atoms with Crippen LogP contribution in [0.3, 0.4) is 0 Å². The van der Waals surface area contributed by atoms with Crippen molar-refractivity contribution in [1.29, 1.82) is 0 Å². The third kappa shape index (κ3) is 5.99. The van der Waals surface area contributed by atoms with Gasteiger partial charge in [-0.2, -0.15) is 0 Å². The molecule has 4 nitrogen and oxygen atoms in total. The first-order valence-electron chi connectivity index (χ1n) is 9.05. The first-order chi connectivity index (χ1) is 11.6. The van der Waals surface area contributed by atoms with Crippen molar-refractivity contribution in [3.63, 3.8) is 0 Å². The summed E-state index contributed by atoms with van der Waals surface area (Å²) >= 11 is 0. The molecule has 0 N–H and O–H groups in total. The van der Waals surface area contributed by atoms with Gasteiger partial charge in [-0.15, -0.1) is 0 Å². The van der Waals surface area contributed by atoms with Crippen LogP contribution in [0.25, 0.3) is 0 Å². The van der Waals surface area contributed by atoms with E-state index in [4.69, 9.17) is 9.47 Å². The minimum absolute atomic E-state index is 0.164. The van der Waals surface area contributed by atoms with Gasteiger partial charge in [-0.25, -0.2) is 0 Å². The number of unbranched alkanes of at least 4 members (excludes halogenated alkanes) is 1. The van der Waals surface area contributed by atoms with Crippen LogP contribution in [0.4, 0.5) is 0 Å². The summed E-state index contributed by atoms with van der Waals surface area (Å²) in [6.07, 6.45) is 7.01. The molecule has 0 aliphatic heterocycles. The molecule has 0 atom stereocenters. The number of ether oxygens (including phenoxy) is 2. The van der Waals surface area contributed by atoms with Gasteiger partial charge in [-0.3, -0.25) is 9.59 Å². The van der Waals surface area contributed by atoms with Gasteiger partial charge in [0.2, 0.25) is 0 Å². The second-order valence-corrected chi connectivity index (χ2v) is 6.64. The molecular weight excluding hydrogens is 304 g/mol. The van der Waals surface area contributed by atoms with E-state index in [-0.39, 0.29) is 25.0 Å². The van der Waals surface area contributed by atoms with Gasteiger partial charge < -0.3 is 9.47 Å². The van der Waals surface area contributed by atoms with Gasteiger partial charge in [0.15, 0.2) is 0 Å². The summed E-state index contributed by atoms with van der Waals surface area (Å²) in [7, 11) is 0. The van der Waals surface area contributed by atoms with Crippen LogP contribution in [-0.4, -0.2) is 17.5 Å². The van der Waals surface area contributed by atoms with E-state index < -0.39 is 5.60 Å². The van der Waals surface area contributed by atoms with Crippen LogP contribution in [0.2, 0.25) is 0 Å². The summed E-state index contributed by atoms with van der Waals surface area (Å²) in [6, 6.07) is 9.61. The molecule has 1 saturated carbocycles. The van der Waals surface area contributed by atoms with Crippen LogP contribution in [0.15, 0.2) is 30.3 Å². The molecule has 1 fully saturated rings. The van der Waals surface area contributed by atoms with Crippen LogP contribution >= 0.6 is 0 Å². The molecule has 0 saturated heterocycles. The van der Waals surface area contributed by atoms with Crippen molar-refractivity contribution >= 4 is 11.9 Å². The van der Waals surface area contributed by atoms with Crippen molar-refractivity contribution in [1.82, 2.24) is 0 Å². The van der Waals surface area contributed by atoms with Gasteiger partial charge in [0.05, 0.1) is 6.42 Å². The summed E-state index contributed by atoms with van der Waals surface area (Å²) < 4.78 is 11.2. The number of carbonyl (C=O) groups excluding carboxylic acids is 2. The molecule has 0 heterocycles. The minimum atomic E-state index is -0.656. The Kier molecular flexibility index (Phi) is 7.29. The Hall–Kier alpha value is -1.84. The number of rotatable bonds is 8. The third-order valence-corrected chi connectivity index (χ3v) is 4.54. The minimum Gasteiger partial charge on any atom is -0.461 e. The molecule has 0 bridgehead atoms. The fourth-order valence-corrected chi connectivity index (χ4v) is 3.18. The van der Waals surface area contributed by atoms with Gasteiger partial charge in [0.1, 0.15) is 12.2 Å². The molecule has 24 heavy (non-hydrogen) atoms. The molecule has 1 aromatic rings. The molecule has 132 valence electrons. The Bertz CT molecular complexity index is 518. The first-order valence-corrected chi connectivity index (χ1v) is 9.05. The highest BCUT2D eigenvalue weighted by Crippen LogP contribution is 2.35. The van der Waals surface area contributed by atoms with E-state index in [0.717, 1.165) is 50.5 Å². The van der Waals surface area contributed by atoms with E-state index in [2.05, 4.69) is 0 Å². The fourth-order valence-electron chi connectivity index (χ4n) is 3.18. The van der Waals surface area contributed by atoms with E-state index >= 15 is 0 Å². The molecule has 1 aliphatic rings. The Morgan fingerprint density at radius 3 is 2.42 bits per heavy atom. The highest BCUT2D eigenvalue weighted by atomic mass is 16.6. The van der Waals surface area contributed by atoms with Crippen LogP contribution in [-0.2, 0) is 25.7 Å². The molecule has 1 aliphatic carbocycles. The van der Waals surface area contributed by atoms with Gasteiger partial charge in [-0.1, -0.05) is 50.1 Å². The van der Waals surface area contributed by atoms with Crippen molar-refractivity contribution in [2.75, 3.05) is 0 Å². The van der Waals surface area contributed by atoms with Crippen LogP contribution in [0.1, 0.15) is 70.3 Å². The zero-order valence-electron chi connectivity index (χ0n) is 14.6. The molecule has 0 aromatic heterocycles. The Balaban J connectivity index is 1.89. The highest BCUT2D eigenvalue weighted by molar-refractivity contribution is 5.73. The average molecular weight is 332 g/mol. The maximum Gasteiger partial charge on any atom is 0.310 e. The largest absolute Gasteiger partial charge is 0.461 e. The van der Waals surface area contributed by atoms with Gasteiger partial charge in [0, 0.05) is 6.42 Å². The second kappa shape index (κ2) is 9.45. The molecule has 0 radical (unpaired) electrons. The zero-order valence-corrected chi connectivity index (χ0v) is 14.6. The molecule has 0 unspecified atom stereocenters.